The van der Waals surface area contributed by atoms with Crippen LogP contribution < -0.4 is 0 Å². The van der Waals surface area contributed by atoms with Crippen molar-refractivity contribution in [1.29, 1.82) is 0 Å². The van der Waals surface area contributed by atoms with E-state index in [9.17, 15) is 4.79 Å². The maximum absolute atomic E-state index is 11.5. The topological polar surface area (TPSA) is 61.6 Å². The number of hydrogen-bond donors (Lipinski definition) is 1. The van der Waals surface area contributed by atoms with E-state index in [1.165, 1.54) is 5.56 Å². The Labute approximate surface area is 142 Å². The highest BCUT2D eigenvalue weighted by Crippen LogP contribution is 2.15. The van der Waals surface area contributed by atoms with Gasteiger partial charge in [-0.15, -0.1) is 0 Å². The number of piperazine rings is 1. The van der Waals surface area contributed by atoms with E-state index in [4.69, 9.17) is 5.11 Å². The lowest BCUT2D eigenvalue weighted by Gasteiger charge is -2.34. The number of nitrogens with zero attached hydrogens (tertiary/aromatic N) is 4. The number of carbonyl (C=O) groups excluding carboxylic acids is 1. The molecular weight excluding hydrogens is 304 g/mol. The number of amides is 1. The van der Waals surface area contributed by atoms with Crippen LogP contribution in [-0.4, -0.2) is 63.4 Å². The minimum absolute atomic E-state index is 0.177. The van der Waals surface area contributed by atoms with Gasteiger partial charge in [-0.1, -0.05) is 12.1 Å². The summed E-state index contributed by atoms with van der Waals surface area (Å²) in [6.07, 6.45) is 0. The molecule has 6 nitrogen and oxygen atoms in total. The fourth-order valence-corrected chi connectivity index (χ4v) is 3.15. The average Bonchev–Trinajstić information content (AvgIpc) is 2.94. The van der Waals surface area contributed by atoms with Crippen LogP contribution >= 0.6 is 0 Å². The summed E-state index contributed by atoms with van der Waals surface area (Å²) in [6, 6.07) is 10.5. The van der Waals surface area contributed by atoms with Crippen LogP contribution in [0.15, 0.2) is 30.3 Å². The standard InChI is InChI=1S/C18H24N4O2/c1-14-11-15(2)22(19-14)17-5-3-16(4-6-17)12-20-7-9-21(10-8-20)18(24)13-23/h3-6,11,23H,7-10,12-13H2,1-2H3. The van der Waals surface area contributed by atoms with Crippen molar-refractivity contribution in [2.75, 3.05) is 32.8 Å². The van der Waals surface area contributed by atoms with E-state index in [1.54, 1.807) is 4.90 Å². The van der Waals surface area contributed by atoms with Gasteiger partial charge in [0.05, 0.1) is 11.4 Å². The summed E-state index contributed by atoms with van der Waals surface area (Å²) in [5.74, 6) is -0.177. The number of aliphatic hydroxyl groups excluding tert-OH is 1. The molecule has 1 amide bonds. The van der Waals surface area contributed by atoms with Gasteiger partial charge in [-0.3, -0.25) is 9.69 Å². The van der Waals surface area contributed by atoms with Gasteiger partial charge < -0.3 is 10.0 Å². The number of aromatic nitrogens is 2. The van der Waals surface area contributed by atoms with Gasteiger partial charge in [0.1, 0.15) is 6.61 Å². The van der Waals surface area contributed by atoms with E-state index in [0.717, 1.165) is 36.7 Å². The van der Waals surface area contributed by atoms with Crippen LogP contribution in [0.25, 0.3) is 5.69 Å². The number of rotatable bonds is 4. The molecule has 2 aromatic rings. The predicted octanol–water partition coefficient (Wildman–Crippen LogP) is 1.13. The quantitative estimate of drug-likeness (QED) is 0.914. The molecule has 1 saturated heterocycles. The van der Waals surface area contributed by atoms with Crippen LogP contribution in [0, 0.1) is 13.8 Å². The lowest BCUT2D eigenvalue weighted by Crippen LogP contribution is -2.49. The molecule has 1 fully saturated rings. The van der Waals surface area contributed by atoms with Gasteiger partial charge in [0.15, 0.2) is 0 Å². The van der Waals surface area contributed by atoms with E-state index >= 15 is 0 Å². The Balaban J connectivity index is 1.59. The summed E-state index contributed by atoms with van der Waals surface area (Å²) in [5.41, 5.74) is 4.47. The van der Waals surface area contributed by atoms with E-state index in [2.05, 4.69) is 47.3 Å². The van der Waals surface area contributed by atoms with Crippen molar-refractivity contribution in [3.63, 3.8) is 0 Å². The zero-order valence-corrected chi connectivity index (χ0v) is 14.3. The average molecular weight is 328 g/mol. The minimum Gasteiger partial charge on any atom is -0.387 e. The summed E-state index contributed by atoms with van der Waals surface area (Å²) in [4.78, 5) is 15.5. The van der Waals surface area contributed by atoms with Gasteiger partial charge in [-0.2, -0.15) is 5.10 Å². The van der Waals surface area contributed by atoms with Gasteiger partial charge in [-0.05, 0) is 37.6 Å². The van der Waals surface area contributed by atoms with Crippen LogP contribution in [0.5, 0.6) is 0 Å². The highest BCUT2D eigenvalue weighted by Gasteiger charge is 2.20. The zero-order valence-electron chi connectivity index (χ0n) is 14.3. The Kier molecular flexibility index (Phi) is 4.97. The Morgan fingerprint density at radius 1 is 1.12 bits per heavy atom. The van der Waals surface area contributed by atoms with Crippen LogP contribution in [0.2, 0.25) is 0 Å². The molecule has 0 bridgehead atoms. The van der Waals surface area contributed by atoms with Gasteiger partial charge in [0.25, 0.3) is 0 Å². The predicted molar refractivity (Wildman–Crippen MR) is 92.0 cm³/mol. The van der Waals surface area contributed by atoms with Crippen LogP contribution in [-0.2, 0) is 11.3 Å². The maximum atomic E-state index is 11.5. The Hall–Kier alpha value is -2.18. The lowest BCUT2D eigenvalue weighted by atomic mass is 10.1. The number of hydrogen-bond acceptors (Lipinski definition) is 4. The number of aryl methyl sites for hydroxylation is 2. The van der Waals surface area contributed by atoms with E-state index in [1.807, 2.05) is 11.6 Å². The second-order valence-corrected chi connectivity index (χ2v) is 6.32. The fraction of sp³-hybridized carbons (Fsp3) is 0.444. The molecule has 1 aliphatic heterocycles. The monoisotopic (exact) mass is 328 g/mol. The molecule has 1 aromatic carbocycles. The highest BCUT2D eigenvalue weighted by atomic mass is 16.3. The highest BCUT2D eigenvalue weighted by molar-refractivity contribution is 5.77. The summed E-state index contributed by atoms with van der Waals surface area (Å²) >= 11 is 0. The Bertz CT molecular complexity index is 700. The van der Waals surface area contributed by atoms with Crippen molar-refractivity contribution < 1.29 is 9.90 Å². The van der Waals surface area contributed by atoms with Crippen molar-refractivity contribution in [3.05, 3.63) is 47.3 Å². The van der Waals surface area contributed by atoms with E-state index in [0.29, 0.717) is 13.1 Å². The number of aliphatic hydroxyl groups is 1. The molecule has 128 valence electrons. The smallest absolute Gasteiger partial charge is 0.248 e. The fourth-order valence-electron chi connectivity index (χ4n) is 3.15. The van der Waals surface area contributed by atoms with Crippen LogP contribution in [0.3, 0.4) is 0 Å². The van der Waals surface area contributed by atoms with Crippen molar-refractivity contribution in [3.8, 4) is 5.69 Å². The van der Waals surface area contributed by atoms with E-state index in [-0.39, 0.29) is 5.91 Å². The Morgan fingerprint density at radius 2 is 1.79 bits per heavy atom. The summed E-state index contributed by atoms with van der Waals surface area (Å²) < 4.78 is 1.96. The molecule has 6 heteroatoms. The van der Waals surface area contributed by atoms with Crippen molar-refractivity contribution in [1.82, 2.24) is 19.6 Å². The molecule has 3 rings (SSSR count). The molecule has 0 aliphatic carbocycles. The maximum Gasteiger partial charge on any atom is 0.248 e. The molecule has 1 N–H and O–H groups in total. The van der Waals surface area contributed by atoms with Gasteiger partial charge in [-0.25, -0.2) is 4.68 Å². The third-order valence-electron chi connectivity index (χ3n) is 4.46. The minimum atomic E-state index is -0.395. The SMILES string of the molecule is Cc1cc(C)n(-c2ccc(CN3CCN(C(=O)CO)CC3)cc2)n1. The first-order valence-corrected chi connectivity index (χ1v) is 8.30. The second kappa shape index (κ2) is 7.15. The first kappa shape index (κ1) is 16.7. The molecule has 2 heterocycles. The summed E-state index contributed by atoms with van der Waals surface area (Å²) in [5, 5.41) is 13.4. The van der Waals surface area contributed by atoms with Gasteiger partial charge in [0, 0.05) is 38.4 Å². The molecule has 0 radical (unpaired) electrons. The molecule has 24 heavy (non-hydrogen) atoms. The Morgan fingerprint density at radius 3 is 2.33 bits per heavy atom. The molecule has 1 aromatic heterocycles. The van der Waals surface area contributed by atoms with Crippen molar-refractivity contribution in [2.24, 2.45) is 0 Å². The number of benzene rings is 1. The summed E-state index contributed by atoms with van der Waals surface area (Å²) in [6.45, 7) is 7.58. The molecular formula is C18H24N4O2. The lowest BCUT2D eigenvalue weighted by molar-refractivity contribution is -0.135. The molecule has 0 atom stereocenters. The first-order valence-electron chi connectivity index (χ1n) is 8.30. The largest absolute Gasteiger partial charge is 0.387 e. The third kappa shape index (κ3) is 3.66. The van der Waals surface area contributed by atoms with Crippen molar-refractivity contribution >= 4 is 5.91 Å². The van der Waals surface area contributed by atoms with Gasteiger partial charge >= 0.3 is 0 Å². The number of carbonyl (C=O) groups is 1. The zero-order chi connectivity index (χ0) is 17.1. The van der Waals surface area contributed by atoms with Crippen LogP contribution in [0.4, 0.5) is 0 Å². The molecule has 0 unspecified atom stereocenters. The molecule has 1 aliphatic rings. The molecule has 0 saturated carbocycles. The molecule has 0 spiro atoms. The van der Waals surface area contributed by atoms with Crippen molar-refractivity contribution in [2.45, 2.75) is 20.4 Å². The van der Waals surface area contributed by atoms with Gasteiger partial charge in [0.2, 0.25) is 5.91 Å². The van der Waals surface area contributed by atoms with E-state index < -0.39 is 6.61 Å². The first-order chi connectivity index (χ1) is 11.6. The third-order valence-corrected chi connectivity index (χ3v) is 4.46. The normalized spacial score (nSPS) is 15.7. The van der Waals surface area contributed by atoms with Crippen LogP contribution in [0.1, 0.15) is 17.0 Å². The second-order valence-electron chi connectivity index (χ2n) is 6.32. The summed E-state index contributed by atoms with van der Waals surface area (Å²) in [7, 11) is 0.